The first-order chi connectivity index (χ1) is 10.3. The molecule has 0 radical (unpaired) electrons. The second kappa shape index (κ2) is 6.36. The smallest absolute Gasteiger partial charge is 0.230 e. The molecule has 3 rings (SSSR count). The van der Waals surface area contributed by atoms with Crippen molar-refractivity contribution in [3.8, 4) is 11.4 Å². The van der Waals surface area contributed by atoms with E-state index in [0.29, 0.717) is 25.0 Å². The van der Waals surface area contributed by atoms with Gasteiger partial charge >= 0.3 is 0 Å². The van der Waals surface area contributed by atoms with Gasteiger partial charge in [-0.2, -0.15) is 20.1 Å². The third-order valence-corrected chi connectivity index (χ3v) is 3.40. The maximum atomic E-state index is 6.04. The topological polar surface area (TPSA) is 69.0 Å². The first kappa shape index (κ1) is 14.2. The molecular weight excluding hydrogens is 292 g/mol. The lowest BCUT2D eigenvalue weighted by molar-refractivity contribution is 0.122. The van der Waals surface area contributed by atoms with Gasteiger partial charge in [-0.25, -0.2) is 0 Å². The van der Waals surface area contributed by atoms with Gasteiger partial charge in [0.05, 0.1) is 25.0 Å². The summed E-state index contributed by atoms with van der Waals surface area (Å²) in [7, 11) is 0. The Morgan fingerprint density at radius 1 is 1.24 bits per heavy atom. The first-order valence-corrected chi connectivity index (χ1v) is 7.41. The maximum Gasteiger partial charge on any atom is 0.230 e. The van der Waals surface area contributed by atoms with Crippen molar-refractivity contribution < 1.29 is 4.74 Å². The van der Waals surface area contributed by atoms with Gasteiger partial charge in [0, 0.05) is 25.8 Å². The Hall–Kier alpha value is -1.73. The molecule has 1 aliphatic rings. The highest BCUT2D eigenvalue weighted by molar-refractivity contribution is 6.28. The minimum atomic E-state index is 0.199. The van der Waals surface area contributed by atoms with Gasteiger partial charge in [0.25, 0.3) is 0 Å². The lowest BCUT2D eigenvalue weighted by atomic mass is 10.3. The predicted molar refractivity (Wildman–Crippen MR) is 79.4 cm³/mol. The van der Waals surface area contributed by atoms with Gasteiger partial charge in [-0.05, 0) is 18.0 Å². The molecule has 1 aliphatic heterocycles. The number of hydrogen-bond acceptors (Lipinski definition) is 6. The van der Waals surface area contributed by atoms with Crippen LogP contribution in [0.1, 0.15) is 13.3 Å². The number of nitrogens with zero attached hydrogens (tertiary/aromatic N) is 6. The van der Waals surface area contributed by atoms with Crippen molar-refractivity contribution >= 4 is 17.5 Å². The van der Waals surface area contributed by atoms with Crippen LogP contribution in [0.5, 0.6) is 0 Å². The summed E-state index contributed by atoms with van der Waals surface area (Å²) < 4.78 is 7.21. The summed E-state index contributed by atoms with van der Waals surface area (Å²) in [6, 6.07) is 0. The Labute approximate surface area is 127 Å². The second-order valence-corrected chi connectivity index (χ2v) is 5.16. The Bertz CT molecular complexity index is 610. The van der Waals surface area contributed by atoms with Gasteiger partial charge in [-0.3, -0.25) is 4.68 Å². The third kappa shape index (κ3) is 3.30. The quantitative estimate of drug-likeness (QED) is 0.855. The predicted octanol–water partition coefficient (Wildman–Crippen LogP) is 1.64. The van der Waals surface area contributed by atoms with E-state index in [1.54, 1.807) is 6.20 Å². The average Bonchev–Trinajstić information content (AvgIpc) is 2.97. The molecule has 3 heterocycles. The molecule has 1 fully saturated rings. The molecule has 2 aromatic rings. The first-order valence-electron chi connectivity index (χ1n) is 7.03. The van der Waals surface area contributed by atoms with E-state index in [0.717, 1.165) is 31.6 Å². The van der Waals surface area contributed by atoms with Crippen molar-refractivity contribution in [3.05, 3.63) is 17.7 Å². The van der Waals surface area contributed by atoms with Crippen molar-refractivity contribution in [1.29, 1.82) is 0 Å². The highest BCUT2D eigenvalue weighted by Crippen LogP contribution is 2.20. The SMILES string of the molecule is CCCn1cc(-c2nc(Cl)nc(N3CCOCC3)n2)cn1. The van der Waals surface area contributed by atoms with Crippen LogP contribution >= 0.6 is 11.6 Å². The van der Waals surface area contributed by atoms with Crippen LogP contribution in [0, 0.1) is 0 Å². The van der Waals surface area contributed by atoms with Gasteiger partial charge in [0.2, 0.25) is 11.2 Å². The van der Waals surface area contributed by atoms with E-state index < -0.39 is 0 Å². The normalized spacial score (nSPS) is 15.4. The number of anilines is 1. The number of ether oxygens (including phenoxy) is 1. The molecule has 0 saturated carbocycles. The molecule has 0 spiro atoms. The molecule has 7 nitrogen and oxygen atoms in total. The van der Waals surface area contributed by atoms with Crippen molar-refractivity contribution in [3.63, 3.8) is 0 Å². The van der Waals surface area contributed by atoms with Crippen LogP contribution in [0.25, 0.3) is 11.4 Å². The van der Waals surface area contributed by atoms with E-state index in [4.69, 9.17) is 16.3 Å². The van der Waals surface area contributed by atoms with Gasteiger partial charge in [0.1, 0.15) is 0 Å². The Morgan fingerprint density at radius 2 is 2.05 bits per heavy atom. The summed E-state index contributed by atoms with van der Waals surface area (Å²) in [6.45, 7) is 5.84. The fourth-order valence-electron chi connectivity index (χ4n) is 2.20. The van der Waals surface area contributed by atoms with Crippen molar-refractivity contribution in [2.45, 2.75) is 19.9 Å². The lowest BCUT2D eigenvalue weighted by Gasteiger charge is -2.26. The summed E-state index contributed by atoms with van der Waals surface area (Å²) in [5.74, 6) is 1.15. The van der Waals surface area contributed by atoms with E-state index in [-0.39, 0.29) is 5.28 Å². The van der Waals surface area contributed by atoms with E-state index in [9.17, 15) is 0 Å². The van der Waals surface area contributed by atoms with Crippen LogP contribution in [0.2, 0.25) is 5.28 Å². The fourth-order valence-corrected chi connectivity index (χ4v) is 2.36. The molecule has 21 heavy (non-hydrogen) atoms. The molecule has 0 atom stereocenters. The number of hydrogen-bond donors (Lipinski definition) is 0. The van der Waals surface area contributed by atoms with Crippen LogP contribution < -0.4 is 4.90 Å². The molecule has 0 aromatic carbocycles. The van der Waals surface area contributed by atoms with Crippen molar-refractivity contribution in [2.24, 2.45) is 0 Å². The van der Waals surface area contributed by atoms with E-state index in [1.807, 2.05) is 10.9 Å². The summed E-state index contributed by atoms with van der Waals surface area (Å²) in [4.78, 5) is 15.0. The third-order valence-electron chi connectivity index (χ3n) is 3.23. The molecule has 0 unspecified atom stereocenters. The maximum absolute atomic E-state index is 6.04. The number of rotatable bonds is 4. The Kier molecular flexibility index (Phi) is 4.31. The van der Waals surface area contributed by atoms with Gasteiger partial charge in [0.15, 0.2) is 5.82 Å². The molecule has 8 heteroatoms. The molecule has 112 valence electrons. The fraction of sp³-hybridized carbons (Fsp3) is 0.538. The average molecular weight is 309 g/mol. The Balaban J connectivity index is 1.89. The van der Waals surface area contributed by atoms with Crippen molar-refractivity contribution in [2.75, 3.05) is 31.2 Å². The minimum absolute atomic E-state index is 0.199. The Morgan fingerprint density at radius 3 is 2.81 bits per heavy atom. The zero-order valence-corrected chi connectivity index (χ0v) is 12.6. The van der Waals surface area contributed by atoms with E-state index in [2.05, 4.69) is 31.9 Å². The van der Waals surface area contributed by atoms with Crippen molar-refractivity contribution in [1.82, 2.24) is 24.7 Å². The summed E-state index contributed by atoms with van der Waals surface area (Å²) in [5.41, 5.74) is 0.849. The van der Waals surface area contributed by atoms with Gasteiger partial charge in [-0.1, -0.05) is 6.92 Å². The number of aromatic nitrogens is 5. The summed E-state index contributed by atoms with van der Waals surface area (Å²) in [6.07, 6.45) is 4.71. The zero-order valence-electron chi connectivity index (χ0n) is 11.9. The highest BCUT2D eigenvalue weighted by Gasteiger charge is 2.17. The molecule has 1 saturated heterocycles. The summed E-state index contributed by atoms with van der Waals surface area (Å²) in [5, 5.41) is 4.49. The largest absolute Gasteiger partial charge is 0.378 e. The molecule has 0 bridgehead atoms. The molecule has 0 N–H and O–H groups in total. The van der Waals surface area contributed by atoms with E-state index in [1.165, 1.54) is 0 Å². The monoisotopic (exact) mass is 308 g/mol. The zero-order chi connectivity index (χ0) is 14.7. The van der Waals surface area contributed by atoms with Crippen LogP contribution in [-0.4, -0.2) is 51.0 Å². The lowest BCUT2D eigenvalue weighted by Crippen LogP contribution is -2.37. The van der Waals surface area contributed by atoms with Gasteiger partial charge < -0.3 is 9.64 Å². The highest BCUT2D eigenvalue weighted by atomic mass is 35.5. The number of halogens is 1. The standard InChI is InChI=1S/C13H17ClN6O/c1-2-3-20-9-10(8-15-20)11-16-12(14)18-13(17-11)19-4-6-21-7-5-19/h8-9H,2-7H2,1H3. The number of morpholine rings is 1. The second-order valence-electron chi connectivity index (χ2n) is 4.82. The molecule has 2 aromatic heterocycles. The molecular formula is C13H17ClN6O. The number of aryl methyl sites for hydroxylation is 1. The molecule has 0 amide bonds. The summed E-state index contributed by atoms with van der Waals surface area (Å²) >= 11 is 6.04. The minimum Gasteiger partial charge on any atom is -0.378 e. The van der Waals surface area contributed by atoms with Crippen LogP contribution in [0.3, 0.4) is 0 Å². The van der Waals surface area contributed by atoms with Crippen LogP contribution in [-0.2, 0) is 11.3 Å². The van der Waals surface area contributed by atoms with Crippen LogP contribution in [0.4, 0.5) is 5.95 Å². The molecule has 0 aliphatic carbocycles. The van der Waals surface area contributed by atoms with E-state index >= 15 is 0 Å². The van der Waals surface area contributed by atoms with Gasteiger partial charge in [-0.15, -0.1) is 0 Å². The van der Waals surface area contributed by atoms with Crippen LogP contribution in [0.15, 0.2) is 12.4 Å².